The van der Waals surface area contributed by atoms with Gasteiger partial charge in [-0.1, -0.05) is 41.4 Å². The third kappa shape index (κ3) is 4.50. The molecule has 4 bridgehead atoms. The molecule has 2 aromatic rings. The monoisotopic (exact) mass is 506 g/mol. The Hall–Kier alpha value is -1.76. The molecule has 0 spiro atoms. The fourth-order valence-corrected chi connectivity index (χ4v) is 8.08. The van der Waals surface area contributed by atoms with Crippen molar-refractivity contribution < 1.29 is 13.2 Å². The van der Waals surface area contributed by atoms with E-state index in [9.17, 15) is 13.2 Å². The largest absolute Gasteiger partial charge is 0.325 e. The van der Waals surface area contributed by atoms with Crippen molar-refractivity contribution in [1.82, 2.24) is 0 Å². The summed E-state index contributed by atoms with van der Waals surface area (Å²) in [5.41, 5.74) is 2.51. The van der Waals surface area contributed by atoms with E-state index in [4.69, 9.17) is 23.2 Å². The molecule has 0 aromatic heterocycles. The quantitative estimate of drug-likeness (QED) is 0.532. The zero-order chi connectivity index (χ0) is 23.4. The van der Waals surface area contributed by atoms with Gasteiger partial charge in [0.05, 0.1) is 22.0 Å². The van der Waals surface area contributed by atoms with Crippen LogP contribution < -0.4 is 9.62 Å². The predicted octanol–water partition coefficient (Wildman–Crippen LogP) is 5.87. The third-order valence-corrected chi connectivity index (χ3v) is 9.64. The molecular weight excluding hydrogens is 479 g/mol. The number of rotatable bonds is 6. The molecule has 4 fully saturated rings. The molecule has 2 aromatic carbocycles. The molecule has 0 aliphatic heterocycles. The van der Waals surface area contributed by atoms with Gasteiger partial charge in [-0.25, -0.2) is 8.42 Å². The maximum Gasteiger partial charge on any atom is 0.245 e. The average Bonchev–Trinajstić information content (AvgIpc) is 2.73. The van der Waals surface area contributed by atoms with Gasteiger partial charge >= 0.3 is 0 Å². The van der Waals surface area contributed by atoms with Crippen molar-refractivity contribution in [2.24, 2.45) is 17.8 Å². The van der Waals surface area contributed by atoms with Crippen molar-refractivity contribution in [3.8, 4) is 0 Å². The number of carbonyl (C=O) groups excluding carboxylic acids is 1. The highest BCUT2D eigenvalue weighted by molar-refractivity contribution is 7.92. The van der Waals surface area contributed by atoms with Crippen molar-refractivity contribution in [3.63, 3.8) is 0 Å². The summed E-state index contributed by atoms with van der Waals surface area (Å²) in [6.07, 6.45) is 9.11. The number of nitrogens with one attached hydrogen (secondary N) is 1. The van der Waals surface area contributed by atoms with Crippen LogP contribution in [0.15, 0.2) is 42.5 Å². The second kappa shape index (κ2) is 8.47. The molecule has 4 aliphatic carbocycles. The molecule has 4 saturated carbocycles. The van der Waals surface area contributed by atoms with Crippen molar-refractivity contribution in [2.75, 3.05) is 22.4 Å². The number of hydrogen-bond acceptors (Lipinski definition) is 3. The van der Waals surface area contributed by atoms with Gasteiger partial charge in [0.1, 0.15) is 6.54 Å². The van der Waals surface area contributed by atoms with Crippen molar-refractivity contribution in [3.05, 3.63) is 58.1 Å². The molecule has 1 amide bonds. The first-order chi connectivity index (χ1) is 15.6. The highest BCUT2D eigenvalue weighted by Gasteiger charge is 2.51. The van der Waals surface area contributed by atoms with E-state index in [0.717, 1.165) is 28.3 Å². The molecule has 6 rings (SSSR count). The zero-order valence-electron chi connectivity index (χ0n) is 18.6. The average molecular weight is 507 g/mol. The highest BCUT2D eigenvalue weighted by atomic mass is 35.5. The van der Waals surface area contributed by atoms with Crippen LogP contribution in [0, 0.1) is 17.8 Å². The topological polar surface area (TPSA) is 66.5 Å². The Morgan fingerprint density at radius 1 is 1.00 bits per heavy atom. The van der Waals surface area contributed by atoms with E-state index in [1.54, 1.807) is 12.1 Å². The van der Waals surface area contributed by atoms with Gasteiger partial charge < -0.3 is 5.32 Å². The molecule has 1 N–H and O–H groups in total. The summed E-state index contributed by atoms with van der Waals surface area (Å²) in [5, 5.41) is 3.15. The second-order valence-electron chi connectivity index (χ2n) is 10.2. The minimum atomic E-state index is -3.75. The van der Waals surface area contributed by atoms with E-state index in [-0.39, 0.29) is 15.7 Å². The summed E-state index contributed by atoms with van der Waals surface area (Å²) < 4.78 is 25.7. The minimum Gasteiger partial charge on any atom is -0.325 e. The molecule has 8 heteroatoms. The predicted molar refractivity (Wildman–Crippen MR) is 134 cm³/mol. The second-order valence-corrected chi connectivity index (χ2v) is 12.9. The molecule has 0 heterocycles. The summed E-state index contributed by atoms with van der Waals surface area (Å²) in [4.78, 5) is 12.8. The number of sulfonamides is 1. The maximum absolute atomic E-state index is 12.8. The Bertz CT molecular complexity index is 1150. The van der Waals surface area contributed by atoms with E-state index < -0.39 is 22.5 Å². The lowest BCUT2D eigenvalue weighted by atomic mass is 9.48. The first-order valence-corrected chi connectivity index (χ1v) is 14.1. The van der Waals surface area contributed by atoms with Crippen molar-refractivity contribution in [2.45, 2.75) is 43.9 Å². The number of nitrogens with zero attached hydrogens (tertiary/aromatic N) is 1. The molecule has 33 heavy (non-hydrogen) atoms. The normalized spacial score (nSPS) is 28.0. The highest BCUT2D eigenvalue weighted by Crippen LogP contribution is 2.60. The number of benzene rings is 2. The van der Waals surface area contributed by atoms with Gasteiger partial charge in [-0.05, 0) is 91.5 Å². The van der Waals surface area contributed by atoms with Gasteiger partial charge in [-0.15, -0.1) is 0 Å². The van der Waals surface area contributed by atoms with Crippen LogP contribution >= 0.6 is 23.2 Å². The lowest BCUT2D eigenvalue weighted by Gasteiger charge is -2.57. The fourth-order valence-electron chi connectivity index (χ4n) is 6.77. The Labute approximate surface area is 205 Å². The Kier molecular flexibility index (Phi) is 5.91. The molecule has 4 aliphatic rings. The third-order valence-electron chi connectivity index (χ3n) is 7.71. The van der Waals surface area contributed by atoms with E-state index in [0.29, 0.717) is 11.1 Å². The maximum atomic E-state index is 12.8. The van der Waals surface area contributed by atoms with E-state index in [2.05, 4.69) is 17.4 Å². The SMILES string of the molecule is CS(=O)(=O)N(CC(=O)Nc1ccc(C23CC4CC(CC(C4)C2)C3)cc1)c1cccc(Cl)c1Cl. The number of halogens is 2. The standard InChI is InChI=1S/C25H28Cl2N2O3S/c1-33(31,32)29(22-4-2-3-21(26)24(22)27)15-23(30)28-20-7-5-19(6-8-20)25-12-16-9-17(13-25)11-18(10-16)14-25/h2-8,16-18H,9-15H2,1H3,(H,28,30). The summed E-state index contributed by atoms with van der Waals surface area (Å²) in [5.74, 6) is 2.17. The number of hydrogen-bond donors (Lipinski definition) is 1. The molecule has 0 atom stereocenters. The van der Waals surface area contributed by atoms with Crippen molar-refractivity contribution >= 4 is 50.5 Å². The first kappa shape index (κ1) is 23.0. The molecule has 176 valence electrons. The summed E-state index contributed by atoms with van der Waals surface area (Å²) in [7, 11) is -3.75. The first-order valence-electron chi connectivity index (χ1n) is 11.4. The Morgan fingerprint density at radius 3 is 2.12 bits per heavy atom. The summed E-state index contributed by atoms with van der Waals surface area (Å²) in [6, 6.07) is 12.9. The zero-order valence-corrected chi connectivity index (χ0v) is 20.9. The van der Waals surface area contributed by atoms with E-state index >= 15 is 0 Å². The van der Waals surface area contributed by atoms with Crippen LogP contribution in [-0.2, 0) is 20.2 Å². The van der Waals surface area contributed by atoms with Crippen LogP contribution in [0.1, 0.15) is 44.1 Å². The van der Waals surface area contributed by atoms with Gasteiger partial charge in [-0.3, -0.25) is 9.10 Å². The lowest BCUT2D eigenvalue weighted by Crippen LogP contribution is -2.48. The number of carbonyl (C=O) groups is 1. The molecule has 0 unspecified atom stereocenters. The van der Waals surface area contributed by atoms with Crippen LogP contribution in [0.25, 0.3) is 0 Å². The van der Waals surface area contributed by atoms with Crippen LogP contribution in [0.2, 0.25) is 10.0 Å². The van der Waals surface area contributed by atoms with Gasteiger partial charge in [0, 0.05) is 5.69 Å². The van der Waals surface area contributed by atoms with Gasteiger partial charge in [0.25, 0.3) is 0 Å². The molecule has 5 nitrogen and oxygen atoms in total. The van der Waals surface area contributed by atoms with Crippen LogP contribution in [0.3, 0.4) is 0 Å². The van der Waals surface area contributed by atoms with Gasteiger partial charge in [0.15, 0.2) is 0 Å². The molecule has 0 saturated heterocycles. The smallest absolute Gasteiger partial charge is 0.245 e. The van der Waals surface area contributed by atoms with Crippen LogP contribution in [0.4, 0.5) is 11.4 Å². The molecular formula is C25H28Cl2N2O3S. The molecule has 0 radical (unpaired) electrons. The van der Waals surface area contributed by atoms with E-state index in [1.165, 1.54) is 50.2 Å². The Morgan fingerprint density at radius 2 is 1.58 bits per heavy atom. The summed E-state index contributed by atoms with van der Waals surface area (Å²) >= 11 is 12.3. The number of amides is 1. The van der Waals surface area contributed by atoms with Crippen molar-refractivity contribution in [1.29, 1.82) is 0 Å². The summed E-state index contributed by atoms with van der Waals surface area (Å²) in [6.45, 7) is -0.393. The van der Waals surface area contributed by atoms with Crippen LogP contribution in [-0.4, -0.2) is 27.1 Å². The minimum absolute atomic E-state index is 0.0947. The van der Waals surface area contributed by atoms with Crippen LogP contribution in [0.5, 0.6) is 0 Å². The van der Waals surface area contributed by atoms with Gasteiger partial charge in [-0.2, -0.15) is 0 Å². The van der Waals surface area contributed by atoms with Gasteiger partial charge in [0.2, 0.25) is 15.9 Å². The Balaban J connectivity index is 1.30. The fraction of sp³-hybridized carbons (Fsp3) is 0.480. The number of anilines is 2. The van der Waals surface area contributed by atoms with E-state index in [1.807, 2.05) is 12.1 Å². The lowest BCUT2D eigenvalue weighted by molar-refractivity contribution is -0.114.